The second-order valence-corrected chi connectivity index (χ2v) is 9.56. The third-order valence-corrected chi connectivity index (χ3v) is 7.06. The maximum Gasteiger partial charge on any atom is 0.332 e. The van der Waals surface area contributed by atoms with Gasteiger partial charge in [0.25, 0.3) is 5.91 Å². The minimum absolute atomic E-state index is 0.268. The molecule has 6 nitrogen and oxygen atoms in total. The first-order valence-electron chi connectivity index (χ1n) is 11.6. The van der Waals surface area contributed by atoms with E-state index in [1.807, 2.05) is 12.1 Å². The summed E-state index contributed by atoms with van der Waals surface area (Å²) in [7, 11) is 0. The molecule has 178 valence electrons. The fourth-order valence-electron chi connectivity index (χ4n) is 4.42. The van der Waals surface area contributed by atoms with Crippen LogP contribution in [0, 0.1) is 13.5 Å². The predicted molar refractivity (Wildman–Crippen MR) is 139 cm³/mol. The van der Waals surface area contributed by atoms with Gasteiger partial charge >= 0.3 is 6.03 Å². The summed E-state index contributed by atoms with van der Waals surface area (Å²) in [6, 6.07) is 15.3. The molecule has 1 fully saturated rings. The zero-order valence-corrected chi connectivity index (χ0v) is 20.8. The van der Waals surface area contributed by atoms with Crippen LogP contribution in [0.1, 0.15) is 37.8 Å². The van der Waals surface area contributed by atoms with Crippen LogP contribution in [0.4, 0.5) is 16.2 Å². The van der Waals surface area contributed by atoms with Crippen molar-refractivity contribution in [2.24, 2.45) is 0 Å². The molecule has 7 heteroatoms. The Morgan fingerprint density at radius 1 is 0.971 bits per heavy atom. The summed E-state index contributed by atoms with van der Waals surface area (Å²) in [5.41, 5.74) is 3.85. The molecular formula is C28H27ClN4O2. The van der Waals surface area contributed by atoms with E-state index in [1.165, 1.54) is 10.5 Å². The smallest absolute Gasteiger partial charge is 0.310 e. The molecule has 0 radical (unpaired) electrons. The third kappa shape index (κ3) is 4.65. The first kappa shape index (κ1) is 24.4. The van der Waals surface area contributed by atoms with Gasteiger partial charge in [0, 0.05) is 18.9 Å². The van der Waals surface area contributed by atoms with Gasteiger partial charge in [0.2, 0.25) is 5.69 Å². The number of hydrogen-bond acceptors (Lipinski definition) is 3. The van der Waals surface area contributed by atoms with Crippen molar-refractivity contribution in [3.05, 3.63) is 88.5 Å². The maximum absolute atomic E-state index is 13.3. The van der Waals surface area contributed by atoms with Crippen molar-refractivity contribution in [1.29, 1.82) is 0 Å². The van der Waals surface area contributed by atoms with Crippen LogP contribution in [-0.4, -0.2) is 33.9 Å². The summed E-state index contributed by atoms with van der Waals surface area (Å²) >= 11 is 6.31. The van der Waals surface area contributed by atoms with Gasteiger partial charge < -0.3 is 4.90 Å². The van der Waals surface area contributed by atoms with E-state index >= 15 is 0 Å². The number of hydrogen-bond donors (Lipinski definition) is 0. The molecule has 1 aliphatic rings. The lowest BCUT2D eigenvalue weighted by Gasteiger charge is -2.27. The van der Waals surface area contributed by atoms with Crippen molar-refractivity contribution in [2.45, 2.75) is 45.6 Å². The molecule has 2 aromatic carbocycles. The number of carbonyl (C=O) groups is 2. The van der Waals surface area contributed by atoms with Crippen molar-refractivity contribution < 1.29 is 9.59 Å². The lowest BCUT2D eigenvalue weighted by atomic mass is 10.0. The number of imide groups is 1. The molecule has 1 aromatic heterocycles. The fraction of sp³-hybridized carbons (Fsp3) is 0.286. The highest BCUT2D eigenvalue weighted by Crippen LogP contribution is 2.39. The van der Waals surface area contributed by atoms with Crippen LogP contribution in [0.5, 0.6) is 0 Å². The van der Waals surface area contributed by atoms with Crippen LogP contribution in [0.3, 0.4) is 0 Å². The van der Waals surface area contributed by atoms with E-state index in [-0.39, 0.29) is 17.0 Å². The van der Waals surface area contributed by atoms with E-state index in [2.05, 4.69) is 34.1 Å². The molecule has 2 heterocycles. The number of pyridine rings is 1. The van der Waals surface area contributed by atoms with Crippen LogP contribution >= 0.6 is 11.6 Å². The summed E-state index contributed by atoms with van der Waals surface area (Å²) in [5.74, 6) is -0.288. The minimum atomic E-state index is -0.958. The molecule has 0 unspecified atom stereocenters. The van der Waals surface area contributed by atoms with Crippen molar-refractivity contribution in [3.63, 3.8) is 0 Å². The number of aromatic nitrogens is 1. The summed E-state index contributed by atoms with van der Waals surface area (Å²) in [5, 5.41) is 0.268. The Morgan fingerprint density at radius 2 is 1.63 bits per heavy atom. The van der Waals surface area contributed by atoms with E-state index in [0.717, 1.165) is 30.4 Å². The lowest BCUT2D eigenvalue weighted by Crippen LogP contribution is -2.44. The van der Waals surface area contributed by atoms with Gasteiger partial charge in [-0.05, 0) is 80.5 Å². The largest absolute Gasteiger partial charge is 0.332 e. The standard InChI is InChI=1S/C28H27ClN4O2/c1-19-24(13-12-23(30-4)25(19)29)33-26(34)28(2,3)32(27(33)35)18-6-5-7-20-8-10-21(11-9-20)22-14-16-31-17-15-22/h8-17H,5-7,18H2,1-3H3. The number of halogens is 1. The Balaban J connectivity index is 1.40. The molecule has 1 saturated heterocycles. The average molecular weight is 487 g/mol. The van der Waals surface area contributed by atoms with Gasteiger partial charge in [-0.3, -0.25) is 9.78 Å². The summed E-state index contributed by atoms with van der Waals surface area (Å²) in [6.07, 6.45) is 6.14. The van der Waals surface area contributed by atoms with E-state index in [9.17, 15) is 9.59 Å². The highest BCUT2D eigenvalue weighted by molar-refractivity contribution is 6.35. The molecule has 0 saturated carbocycles. The fourth-order valence-corrected chi connectivity index (χ4v) is 4.62. The number of benzene rings is 2. The predicted octanol–water partition coefficient (Wildman–Crippen LogP) is 6.83. The quantitative estimate of drug-likeness (QED) is 0.209. The Morgan fingerprint density at radius 3 is 2.29 bits per heavy atom. The molecule has 0 N–H and O–H groups in total. The van der Waals surface area contributed by atoms with Gasteiger partial charge in [0.15, 0.2) is 0 Å². The van der Waals surface area contributed by atoms with Crippen LogP contribution < -0.4 is 4.90 Å². The first-order valence-corrected chi connectivity index (χ1v) is 12.0. The maximum atomic E-state index is 13.3. The minimum Gasteiger partial charge on any atom is -0.310 e. The van der Waals surface area contributed by atoms with Gasteiger partial charge in [-0.1, -0.05) is 41.9 Å². The number of unbranched alkanes of at least 4 members (excludes halogenated alkanes) is 1. The van der Waals surface area contributed by atoms with Gasteiger partial charge in [0.1, 0.15) is 5.54 Å². The van der Waals surface area contributed by atoms with E-state index in [0.29, 0.717) is 23.5 Å². The monoisotopic (exact) mass is 486 g/mol. The number of nitrogens with zero attached hydrogens (tertiary/aromatic N) is 4. The number of urea groups is 1. The van der Waals surface area contributed by atoms with E-state index < -0.39 is 5.54 Å². The van der Waals surface area contributed by atoms with Crippen molar-refractivity contribution >= 4 is 34.9 Å². The Hall–Kier alpha value is -3.69. The number of rotatable bonds is 7. The molecule has 3 amide bonds. The topological polar surface area (TPSA) is 57.9 Å². The Bertz CT molecular complexity index is 1300. The van der Waals surface area contributed by atoms with E-state index in [1.54, 1.807) is 50.2 Å². The molecule has 0 atom stereocenters. The van der Waals surface area contributed by atoms with Crippen LogP contribution in [0.15, 0.2) is 60.9 Å². The average Bonchev–Trinajstić information content (AvgIpc) is 3.03. The zero-order valence-electron chi connectivity index (χ0n) is 20.1. The SMILES string of the molecule is [C-]#[N+]c1ccc(N2C(=O)N(CCCCc3ccc(-c4ccncc4)cc3)C(C)(C)C2=O)c(C)c1Cl. The zero-order chi connectivity index (χ0) is 25.2. The van der Waals surface area contributed by atoms with Crippen molar-refractivity contribution in [1.82, 2.24) is 9.88 Å². The molecule has 4 rings (SSSR count). The molecule has 1 aliphatic heterocycles. The van der Waals surface area contributed by atoms with Gasteiger partial charge in [-0.25, -0.2) is 14.5 Å². The van der Waals surface area contributed by atoms with Crippen LogP contribution in [0.2, 0.25) is 5.02 Å². The number of amides is 3. The number of aryl methyl sites for hydroxylation is 1. The number of carbonyl (C=O) groups excluding carboxylic acids is 2. The summed E-state index contributed by atoms with van der Waals surface area (Å²) < 4.78 is 0. The highest BCUT2D eigenvalue weighted by atomic mass is 35.5. The highest BCUT2D eigenvalue weighted by Gasteiger charge is 2.51. The van der Waals surface area contributed by atoms with Gasteiger partial charge in [-0.2, -0.15) is 0 Å². The molecule has 0 bridgehead atoms. The molecule has 0 spiro atoms. The van der Waals surface area contributed by atoms with Gasteiger partial charge in [0.05, 0.1) is 17.3 Å². The summed E-state index contributed by atoms with van der Waals surface area (Å²) in [6.45, 7) is 13.0. The Kier molecular flexibility index (Phi) is 6.90. The van der Waals surface area contributed by atoms with Gasteiger partial charge in [-0.15, -0.1) is 0 Å². The second kappa shape index (κ2) is 9.89. The van der Waals surface area contributed by atoms with Crippen molar-refractivity contribution in [3.8, 4) is 11.1 Å². The molecular weight excluding hydrogens is 460 g/mol. The third-order valence-electron chi connectivity index (χ3n) is 6.59. The van der Waals surface area contributed by atoms with Crippen molar-refractivity contribution in [2.75, 3.05) is 11.4 Å². The molecule has 3 aromatic rings. The summed E-state index contributed by atoms with van der Waals surface area (Å²) in [4.78, 5) is 36.8. The first-order chi connectivity index (χ1) is 16.8. The van der Waals surface area contributed by atoms with Crippen LogP contribution in [-0.2, 0) is 11.2 Å². The number of anilines is 1. The van der Waals surface area contributed by atoms with E-state index in [4.69, 9.17) is 18.2 Å². The second-order valence-electron chi connectivity index (χ2n) is 9.18. The van der Waals surface area contributed by atoms with Crippen LogP contribution in [0.25, 0.3) is 16.0 Å². The molecule has 0 aliphatic carbocycles. The normalized spacial score (nSPS) is 14.9. The lowest BCUT2D eigenvalue weighted by molar-refractivity contribution is -0.123. The Labute approximate surface area is 211 Å². The molecule has 35 heavy (non-hydrogen) atoms.